The van der Waals surface area contributed by atoms with Gasteiger partial charge in [-0.15, -0.1) is 11.3 Å². The van der Waals surface area contributed by atoms with Gasteiger partial charge in [0.1, 0.15) is 0 Å². The molecule has 0 saturated heterocycles. The molecule has 0 aliphatic rings. The van der Waals surface area contributed by atoms with Crippen LogP contribution < -0.4 is 0 Å². The first-order chi connectivity index (χ1) is 27.2. The highest BCUT2D eigenvalue weighted by Gasteiger charge is 2.17. The summed E-state index contributed by atoms with van der Waals surface area (Å²) < 4.78 is 2.59. The summed E-state index contributed by atoms with van der Waals surface area (Å²) >= 11 is 1.88. The minimum absolute atomic E-state index is 0.646. The van der Waals surface area contributed by atoms with Crippen molar-refractivity contribution in [3.63, 3.8) is 0 Å². The van der Waals surface area contributed by atoms with Crippen molar-refractivity contribution < 1.29 is 0 Å². The smallest absolute Gasteiger partial charge is 0.164 e. The minimum atomic E-state index is 0.646. The van der Waals surface area contributed by atoms with E-state index in [1.54, 1.807) is 0 Å². The van der Waals surface area contributed by atoms with E-state index in [-0.39, 0.29) is 0 Å². The first kappa shape index (κ1) is 32.6. The van der Waals surface area contributed by atoms with Gasteiger partial charge in [0.15, 0.2) is 17.5 Å². The third-order valence-electron chi connectivity index (χ3n) is 10.1. The first-order valence-electron chi connectivity index (χ1n) is 18.4. The van der Waals surface area contributed by atoms with E-state index in [1.807, 2.05) is 72.0 Å². The van der Waals surface area contributed by atoms with Gasteiger partial charge in [-0.1, -0.05) is 182 Å². The van der Waals surface area contributed by atoms with Crippen molar-refractivity contribution in [2.75, 3.05) is 0 Å². The average Bonchev–Trinajstić information content (AvgIpc) is 3.66. The van der Waals surface area contributed by atoms with Crippen molar-refractivity contribution in [3.8, 4) is 78.7 Å². The van der Waals surface area contributed by atoms with E-state index in [2.05, 4.69) is 140 Å². The van der Waals surface area contributed by atoms with E-state index in [1.165, 1.54) is 53.6 Å². The molecule has 2 aromatic heterocycles. The summed E-state index contributed by atoms with van der Waals surface area (Å²) in [5, 5.41) is 2.60. The molecule has 0 saturated carbocycles. The lowest BCUT2D eigenvalue weighted by Gasteiger charge is -2.10. The van der Waals surface area contributed by atoms with Gasteiger partial charge in [0.25, 0.3) is 0 Å². The predicted octanol–water partition coefficient (Wildman–Crippen LogP) is 13.9. The maximum absolute atomic E-state index is 4.96. The lowest BCUT2D eigenvalue weighted by Crippen LogP contribution is -2.00. The molecule has 4 heteroatoms. The Morgan fingerprint density at radius 3 is 1.36 bits per heavy atom. The lowest BCUT2D eigenvalue weighted by molar-refractivity contribution is 1.07. The monoisotopic (exact) mass is 719 g/mol. The second-order valence-corrected chi connectivity index (χ2v) is 14.7. The zero-order chi connectivity index (χ0) is 36.6. The largest absolute Gasteiger partial charge is 0.208 e. The van der Waals surface area contributed by atoms with Crippen LogP contribution >= 0.6 is 11.3 Å². The molecule has 2 heterocycles. The van der Waals surface area contributed by atoms with Crippen molar-refractivity contribution in [3.05, 3.63) is 200 Å². The van der Waals surface area contributed by atoms with Crippen LogP contribution in [0.4, 0.5) is 0 Å². The molecule has 0 aliphatic carbocycles. The molecule has 55 heavy (non-hydrogen) atoms. The molecule has 0 amide bonds. The topological polar surface area (TPSA) is 38.7 Å². The normalized spacial score (nSPS) is 11.3. The van der Waals surface area contributed by atoms with Crippen LogP contribution in [0.25, 0.3) is 98.8 Å². The molecule has 0 aliphatic heterocycles. The summed E-state index contributed by atoms with van der Waals surface area (Å²) in [7, 11) is 0. The number of rotatable bonds is 7. The maximum atomic E-state index is 4.96. The molecule has 3 nitrogen and oxygen atoms in total. The van der Waals surface area contributed by atoms with Crippen LogP contribution in [0.5, 0.6) is 0 Å². The van der Waals surface area contributed by atoms with Gasteiger partial charge in [-0.25, -0.2) is 15.0 Å². The van der Waals surface area contributed by atoms with Crippen molar-refractivity contribution in [1.29, 1.82) is 0 Å². The van der Waals surface area contributed by atoms with Gasteiger partial charge < -0.3 is 0 Å². The molecular weight excluding hydrogens is 687 g/mol. The van der Waals surface area contributed by atoms with Crippen molar-refractivity contribution in [2.24, 2.45) is 0 Å². The van der Waals surface area contributed by atoms with Gasteiger partial charge in [-0.2, -0.15) is 0 Å². The Kier molecular flexibility index (Phi) is 8.36. The zero-order valence-corrected chi connectivity index (χ0v) is 30.6. The Morgan fingerprint density at radius 2 is 0.745 bits per heavy atom. The fourth-order valence-electron chi connectivity index (χ4n) is 7.42. The van der Waals surface area contributed by atoms with Gasteiger partial charge in [0, 0.05) is 36.9 Å². The van der Waals surface area contributed by atoms with Crippen LogP contribution in [-0.2, 0) is 0 Å². The van der Waals surface area contributed by atoms with Gasteiger partial charge in [-0.3, -0.25) is 0 Å². The van der Waals surface area contributed by atoms with E-state index in [9.17, 15) is 0 Å². The lowest BCUT2D eigenvalue weighted by atomic mass is 9.93. The van der Waals surface area contributed by atoms with Crippen LogP contribution in [0.1, 0.15) is 0 Å². The summed E-state index contributed by atoms with van der Waals surface area (Å²) in [6.07, 6.45) is 0. The van der Waals surface area contributed by atoms with Gasteiger partial charge in [0.2, 0.25) is 0 Å². The number of benzene rings is 8. The van der Waals surface area contributed by atoms with Crippen molar-refractivity contribution in [1.82, 2.24) is 15.0 Å². The molecule has 0 spiro atoms. The van der Waals surface area contributed by atoms with E-state index < -0.39 is 0 Å². The Bertz CT molecular complexity index is 2880. The minimum Gasteiger partial charge on any atom is -0.208 e. The average molecular weight is 720 g/mol. The number of aromatic nitrogens is 3. The van der Waals surface area contributed by atoms with Crippen LogP contribution in [0.3, 0.4) is 0 Å². The Hall–Kier alpha value is -7.01. The molecule has 258 valence electrons. The summed E-state index contributed by atoms with van der Waals surface area (Å²) in [4.78, 5) is 14.8. The highest BCUT2D eigenvalue weighted by Crippen LogP contribution is 2.46. The fourth-order valence-corrected chi connectivity index (χ4v) is 8.72. The van der Waals surface area contributed by atoms with Crippen LogP contribution in [0.15, 0.2) is 200 Å². The number of nitrogens with zero attached hydrogens (tertiary/aromatic N) is 3. The third-order valence-corrected chi connectivity index (χ3v) is 11.3. The SMILES string of the molecule is c1ccc(-c2cc(-c3ccccc3)c3c(c2)sc2c(-c4ccc(-c5cccc(-c6nc(-c7ccccc7)nc(-c7ccccc7)n6)c5)cc4)cccc23)cc1. The molecule has 0 unspecified atom stereocenters. The van der Waals surface area contributed by atoms with Gasteiger partial charge in [0.05, 0.1) is 0 Å². The van der Waals surface area contributed by atoms with Crippen LogP contribution in [-0.4, -0.2) is 15.0 Å². The fraction of sp³-hybridized carbons (Fsp3) is 0. The molecule has 8 aromatic carbocycles. The Morgan fingerprint density at radius 1 is 0.291 bits per heavy atom. The Labute approximate surface area is 323 Å². The molecule has 0 fully saturated rings. The van der Waals surface area contributed by atoms with Gasteiger partial charge in [-0.05, 0) is 62.7 Å². The summed E-state index contributed by atoms with van der Waals surface area (Å²) in [5.41, 5.74) is 12.5. The maximum Gasteiger partial charge on any atom is 0.164 e. The molecular formula is C51H33N3S. The first-order valence-corrected chi connectivity index (χ1v) is 19.3. The van der Waals surface area contributed by atoms with E-state index in [0.29, 0.717) is 17.5 Å². The summed E-state index contributed by atoms with van der Waals surface area (Å²) in [6.45, 7) is 0. The highest BCUT2D eigenvalue weighted by atomic mass is 32.1. The molecule has 10 rings (SSSR count). The molecule has 0 bridgehead atoms. The number of hydrogen-bond donors (Lipinski definition) is 0. The highest BCUT2D eigenvalue weighted by molar-refractivity contribution is 7.26. The standard InChI is InChI=1S/C51H33N3S/c1-5-15-34(16-6-1)42-32-45(36-17-7-2-8-18-36)47-44-26-14-25-43(48(44)55-46(47)33-42)37-29-27-35(28-30-37)40-23-13-24-41(31-40)51-53-49(38-19-9-3-10-20-38)52-50(54-51)39-21-11-4-12-22-39/h1-33H. The molecule has 0 N–H and O–H groups in total. The number of fused-ring (bicyclic) bond motifs is 3. The Balaban J connectivity index is 1.04. The van der Waals surface area contributed by atoms with E-state index in [4.69, 9.17) is 15.0 Å². The van der Waals surface area contributed by atoms with Crippen LogP contribution in [0.2, 0.25) is 0 Å². The molecule has 0 radical (unpaired) electrons. The quantitative estimate of drug-likeness (QED) is 0.165. The number of thiophene rings is 1. The predicted molar refractivity (Wildman–Crippen MR) is 231 cm³/mol. The number of hydrogen-bond acceptors (Lipinski definition) is 4. The summed E-state index contributed by atoms with van der Waals surface area (Å²) in [5.74, 6) is 1.96. The van der Waals surface area contributed by atoms with E-state index in [0.717, 1.165) is 27.8 Å². The van der Waals surface area contributed by atoms with E-state index >= 15 is 0 Å². The van der Waals surface area contributed by atoms with Gasteiger partial charge >= 0.3 is 0 Å². The summed E-state index contributed by atoms with van der Waals surface area (Å²) in [6, 6.07) is 70.5. The molecule has 0 atom stereocenters. The zero-order valence-electron chi connectivity index (χ0n) is 29.8. The van der Waals surface area contributed by atoms with Crippen molar-refractivity contribution >= 4 is 31.5 Å². The third kappa shape index (κ3) is 6.29. The molecule has 10 aromatic rings. The van der Waals surface area contributed by atoms with Crippen LogP contribution in [0, 0.1) is 0 Å². The van der Waals surface area contributed by atoms with Crippen molar-refractivity contribution in [2.45, 2.75) is 0 Å². The second-order valence-electron chi connectivity index (χ2n) is 13.6. The second kappa shape index (κ2) is 14.1.